The van der Waals surface area contributed by atoms with Gasteiger partial charge in [-0.05, 0) is 67.2 Å². The lowest BCUT2D eigenvalue weighted by atomic mass is 9.92. The number of pyridine rings is 1. The summed E-state index contributed by atoms with van der Waals surface area (Å²) in [6, 6.07) is 12.8. The molecule has 1 aliphatic rings. The van der Waals surface area contributed by atoms with Gasteiger partial charge in [0.05, 0.1) is 32.2 Å². The van der Waals surface area contributed by atoms with Crippen LogP contribution in [-0.4, -0.2) is 55.2 Å². The zero-order chi connectivity index (χ0) is 28.5. The van der Waals surface area contributed by atoms with Gasteiger partial charge in [0.25, 0.3) is 0 Å². The van der Waals surface area contributed by atoms with Crippen molar-refractivity contribution < 1.29 is 37.0 Å². The number of nitrogens with one attached hydrogen (secondary N) is 1. The first kappa shape index (κ1) is 29.4. The van der Waals surface area contributed by atoms with Gasteiger partial charge in [0.1, 0.15) is 24.6 Å². The van der Waals surface area contributed by atoms with Crippen LogP contribution in [0.4, 0.5) is 13.2 Å². The van der Waals surface area contributed by atoms with E-state index in [-0.39, 0.29) is 6.42 Å². The molecule has 1 saturated carbocycles. The van der Waals surface area contributed by atoms with Crippen LogP contribution in [0, 0.1) is 0 Å². The Bertz CT molecular complexity index is 1300. The molecule has 2 aromatic heterocycles. The van der Waals surface area contributed by atoms with Crippen LogP contribution < -0.4 is 10.2 Å². The van der Waals surface area contributed by atoms with Gasteiger partial charge in [-0.2, -0.15) is 13.2 Å². The number of hydroxylamine groups is 1. The van der Waals surface area contributed by atoms with Crippen LogP contribution in [0.2, 0.25) is 0 Å². The van der Waals surface area contributed by atoms with Crippen LogP contribution in [0.15, 0.2) is 54.2 Å². The maximum absolute atomic E-state index is 12.5. The summed E-state index contributed by atoms with van der Waals surface area (Å²) in [5.41, 5.74) is 7.61. The molecule has 1 aromatic carbocycles. The summed E-state index contributed by atoms with van der Waals surface area (Å²) in [6.07, 6.45) is 1.66. The van der Waals surface area contributed by atoms with Crippen molar-refractivity contribution in [1.29, 1.82) is 0 Å². The Labute approximate surface area is 231 Å². The zero-order valence-corrected chi connectivity index (χ0v) is 22.6. The van der Waals surface area contributed by atoms with Gasteiger partial charge in [-0.25, -0.2) is 9.78 Å². The Hall–Kier alpha value is -3.57. The van der Waals surface area contributed by atoms with E-state index in [1.165, 1.54) is 24.8 Å². The first-order chi connectivity index (χ1) is 19.3. The molecule has 3 aromatic rings. The fourth-order valence-corrected chi connectivity index (χ4v) is 4.75. The summed E-state index contributed by atoms with van der Waals surface area (Å²) in [5.74, 6) is -0.270. The lowest BCUT2D eigenvalue weighted by molar-refractivity contribution is -0.193. The first-order valence-electron chi connectivity index (χ1n) is 13.2. The van der Waals surface area contributed by atoms with Gasteiger partial charge < -0.3 is 18.8 Å². The van der Waals surface area contributed by atoms with E-state index >= 15 is 0 Å². The molecule has 1 N–H and O–H groups in total. The lowest BCUT2D eigenvalue weighted by Gasteiger charge is -2.19. The number of alkyl halides is 3. The van der Waals surface area contributed by atoms with Gasteiger partial charge in [0.2, 0.25) is 0 Å². The molecule has 1 aliphatic carbocycles. The number of benzene rings is 1. The smallest absolute Gasteiger partial charge is 0.411 e. The fourth-order valence-electron chi connectivity index (χ4n) is 4.75. The molecule has 216 valence electrons. The third-order valence-corrected chi connectivity index (χ3v) is 6.74. The van der Waals surface area contributed by atoms with Crippen molar-refractivity contribution in [2.45, 2.75) is 57.3 Å². The number of nitrogens with zero attached hydrogens (tertiary/aromatic N) is 2. The van der Waals surface area contributed by atoms with Gasteiger partial charge in [0.15, 0.2) is 6.10 Å². The highest BCUT2D eigenvalue weighted by molar-refractivity contribution is 5.79. The number of carbonyl (C=O) groups excluding carboxylic acids is 1. The highest BCUT2D eigenvalue weighted by Gasteiger charge is 2.32. The van der Waals surface area contributed by atoms with Gasteiger partial charge in [-0.1, -0.05) is 18.6 Å². The Morgan fingerprint density at radius 1 is 1.05 bits per heavy atom. The molecule has 1 atom stereocenters. The summed E-state index contributed by atoms with van der Waals surface area (Å²) in [5, 5.41) is 1.02. The molecular formula is C29H34F3N3O5. The van der Waals surface area contributed by atoms with E-state index in [9.17, 15) is 18.0 Å². The van der Waals surface area contributed by atoms with Gasteiger partial charge >= 0.3 is 12.1 Å². The summed E-state index contributed by atoms with van der Waals surface area (Å²) in [7, 11) is 2.71. The molecule has 0 amide bonds. The quantitative estimate of drug-likeness (QED) is 0.228. The highest BCUT2D eigenvalue weighted by Crippen LogP contribution is 2.29. The molecule has 4 rings (SSSR count). The van der Waals surface area contributed by atoms with Crippen molar-refractivity contribution in [1.82, 2.24) is 15.0 Å². The van der Waals surface area contributed by atoms with Crippen molar-refractivity contribution in [2.75, 3.05) is 27.4 Å². The van der Waals surface area contributed by atoms with Crippen molar-refractivity contribution >= 4 is 22.7 Å². The second kappa shape index (κ2) is 13.7. The number of rotatable bonds is 12. The number of hydrogen-bond donors (Lipinski definition) is 1. The van der Waals surface area contributed by atoms with Crippen molar-refractivity contribution in [2.24, 2.45) is 0 Å². The van der Waals surface area contributed by atoms with Crippen LogP contribution >= 0.6 is 0 Å². The van der Waals surface area contributed by atoms with Crippen LogP contribution in [0.5, 0.6) is 5.75 Å². The molecule has 0 spiro atoms. The molecule has 2 heterocycles. The van der Waals surface area contributed by atoms with Crippen molar-refractivity contribution in [3.05, 3.63) is 65.5 Å². The van der Waals surface area contributed by atoms with E-state index in [0.717, 1.165) is 42.4 Å². The number of methoxy groups -OCH3 is 1. The topological polar surface area (TPSA) is 83.8 Å². The number of allylic oxidation sites excluding steroid dienone is 1. The van der Waals surface area contributed by atoms with E-state index in [4.69, 9.17) is 19.3 Å². The normalized spacial score (nSPS) is 14.7. The number of carbonyl (C=O) groups is 1. The fraction of sp³-hybridized carbons (Fsp3) is 0.448. The number of esters is 1. The van der Waals surface area contributed by atoms with E-state index in [2.05, 4.69) is 16.3 Å². The third kappa shape index (κ3) is 7.98. The second-order valence-electron chi connectivity index (χ2n) is 9.60. The molecule has 40 heavy (non-hydrogen) atoms. The predicted molar refractivity (Wildman–Crippen MR) is 143 cm³/mol. The minimum absolute atomic E-state index is 0.0531. The van der Waals surface area contributed by atoms with Crippen molar-refractivity contribution in [3.63, 3.8) is 0 Å². The minimum atomic E-state index is -4.54. The maximum atomic E-state index is 12.5. The van der Waals surface area contributed by atoms with E-state index in [1.807, 2.05) is 22.9 Å². The molecule has 0 radical (unpaired) electrons. The van der Waals surface area contributed by atoms with Crippen LogP contribution in [-0.2, 0) is 32.1 Å². The Morgan fingerprint density at radius 2 is 1.80 bits per heavy atom. The average molecular weight is 562 g/mol. The number of hydrogen-bond acceptors (Lipinski definition) is 7. The van der Waals surface area contributed by atoms with E-state index in [0.29, 0.717) is 24.5 Å². The Kier molecular flexibility index (Phi) is 10.1. The SMILES string of the molecule is CONC(=C1CCCCC1)c1ccc2ccn(CCOc3ccc(C[C@H](OCC(F)(F)F)C(=O)OC)cc3)c2n1. The van der Waals surface area contributed by atoms with E-state index in [1.54, 1.807) is 31.4 Å². The third-order valence-electron chi connectivity index (χ3n) is 6.74. The van der Waals surface area contributed by atoms with Crippen LogP contribution in [0.3, 0.4) is 0 Å². The monoisotopic (exact) mass is 561 g/mol. The van der Waals surface area contributed by atoms with Gasteiger partial charge in [-0.3, -0.25) is 10.3 Å². The van der Waals surface area contributed by atoms with Gasteiger partial charge in [0, 0.05) is 18.0 Å². The number of halogens is 3. The first-order valence-corrected chi connectivity index (χ1v) is 13.2. The summed E-state index contributed by atoms with van der Waals surface area (Å²) in [6.45, 7) is -0.597. The summed E-state index contributed by atoms with van der Waals surface area (Å²) < 4.78 is 54.9. The standard InChI is InChI=1S/C29H34F3N3O5/c1-37-28(36)25(40-19-29(30,31)32)18-20-8-11-23(12-9-20)39-17-16-35-15-14-22-10-13-24(33-27(22)35)26(34-38-2)21-6-4-3-5-7-21/h8-15,25,34H,3-7,16-19H2,1-2H3/t25-/m0/s1. The molecule has 0 saturated heterocycles. The van der Waals surface area contributed by atoms with Crippen molar-refractivity contribution in [3.8, 4) is 5.75 Å². The number of fused-ring (bicyclic) bond motifs is 1. The maximum Gasteiger partial charge on any atom is 0.411 e. The number of aromatic nitrogens is 2. The summed E-state index contributed by atoms with van der Waals surface area (Å²) >= 11 is 0. The highest BCUT2D eigenvalue weighted by atomic mass is 19.4. The molecule has 0 bridgehead atoms. The Morgan fingerprint density at radius 3 is 2.48 bits per heavy atom. The molecule has 8 nitrogen and oxygen atoms in total. The van der Waals surface area contributed by atoms with E-state index < -0.39 is 24.9 Å². The largest absolute Gasteiger partial charge is 0.492 e. The minimum Gasteiger partial charge on any atom is -0.492 e. The molecule has 11 heteroatoms. The molecule has 0 unspecified atom stereocenters. The van der Waals surface area contributed by atoms with Gasteiger partial charge in [-0.15, -0.1) is 0 Å². The van der Waals surface area contributed by atoms with Crippen LogP contribution in [0.1, 0.15) is 43.4 Å². The Balaban J connectivity index is 1.38. The predicted octanol–water partition coefficient (Wildman–Crippen LogP) is 5.60. The molecule has 0 aliphatic heterocycles. The zero-order valence-electron chi connectivity index (χ0n) is 22.6. The second-order valence-corrected chi connectivity index (χ2v) is 9.60. The molecular weight excluding hydrogens is 527 g/mol. The average Bonchev–Trinajstić information content (AvgIpc) is 3.36. The molecule has 1 fully saturated rings. The van der Waals surface area contributed by atoms with Crippen LogP contribution in [0.25, 0.3) is 16.7 Å². The lowest BCUT2D eigenvalue weighted by Crippen LogP contribution is -2.32. The number of ether oxygens (including phenoxy) is 3. The summed E-state index contributed by atoms with van der Waals surface area (Å²) in [4.78, 5) is 22.1.